The normalized spacial score (nSPS) is 14.9. The van der Waals surface area contributed by atoms with Crippen LogP contribution in [0.2, 0.25) is 10.0 Å². The largest absolute Gasteiger partial charge is 0.452 e. The molecular weight excluding hydrogens is 479 g/mol. The number of halogens is 2. The number of esters is 1. The average Bonchev–Trinajstić information content (AvgIpc) is 2.78. The summed E-state index contributed by atoms with van der Waals surface area (Å²) < 4.78 is 37.1. The summed E-state index contributed by atoms with van der Waals surface area (Å²) in [5.41, 5.74) is 0.908. The van der Waals surface area contributed by atoms with Crippen molar-refractivity contribution < 1.29 is 27.5 Å². The maximum absolute atomic E-state index is 12.9. The molecule has 0 radical (unpaired) electrons. The predicted octanol–water partition coefficient (Wildman–Crippen LogP) is 3.21. The van der Waals surface area contributed by atoms with Crippen molar-refractivity contribution in [2.24, 2.45) is 0 Å². The minimum Gasteiger partial charge on any atom is -0.452 e. The summed E-state index contributed by atoms with van der Waals surface area (Å²) in [7, 11) is -3.85. The second-order valence-electron chi connectivity index (χ2n) is 6.71. The number of nitrogens with one attached hydrogen (secondary N) is 1. The lowest BCUT2D eigenvalue weighted by molar-refractivity contribution is -0.142. The Bertz CT molecular complexity index is 1130. The summed E-state index contributed by atoms with van der Waals surface area (Å²) in [5, 5.41) is 3.06. The number of nitrogens with zero attached hydrogens (tertiary/aromatic N) is 1. The smallest absolute Gasteiger partial charge is 0.331 e. The highest BCUT2D eigenvalue weighted by molar-refractivity contribution is 7.89. The van der Waals surface area contributed by atoms with Crippen molar-refractivity contribution in [3.8, 4) is 0 Å². The average molecular weight is 499 g/mol. The molecule has 0 saturated carbocycles. The molecule has 1 amide bonds. The molecular formula is C21H20Cl2N2O6S. The molecule has 3 rings (SSSR count). The van der Waals surface area contributed by atoms with E-state index in [-0.39, 0.29) is 28.7 Å². The molecule has 11 heteroatoms. The number of amides is 1. The van der Waals surface area contributed by atoms with E-state index in [1.54, 1.807) is 24.3 Å². The lowest BCUT2D eigenvalue weighted by Gasteiger charge is -2.26. The molecule has 2 aromatic carbocycles. The van der Waals surface area contributed by atoms with Crippen LogP contribution in [-0.2, 0) is 29.1 Å². The number of carbonyl (C=O) groups is 2. The van der Waals surface area contributed by atoms with Gasteiger partial charge in [-0.25, -0.2) is 13.2 Å². The van der Waals surface area contributed by atoms with Gasteiger partial charge in [-0.3, -0.25) is 4.79 Å². The SMILES string of the molecule is O=C(COC(=O)/C=C/c1cccc(Cl)c1)Nc1ccc(Cl)c(S(=O)(=O)N2CCOCC2)c1. The number of carbonyl (C=O) groups excluding carboxylic acids is 2. The number of rotatable bonds is 7. The Morgan fingerprint density at radius 3 is 2.59 bits per heavy atom. The van der Waals surface area contributed by atoms with E-state index >= 15 is 0 Å². The lowest BCUT2D eigenvalue weighted by atomic mass is 10.2. The summed E-state index contributed by atoms with van der Waals surface area (Å²) in [4.78, 5) is 23.8. The molecule has 0 spiro atoms. The number of hydrogen-bond acceptors (Lipinski definition) is 6. The van der Waals surface area contributed by atoms with Crippen LogP contribution in [0.5, 0.6) is 0 Å². The summed E-state index contributed by atoms with van der Waals surface area (Å²) in [5.74, 6) is -1.35. The molecule has 32 heavy (non-hydrogen) atoms. The van der Waals surface area contributed by atoms with Crippen LogP contribution in [-0.4, -0.2) is 57.5 Å². The highest BCUT2D eigenvalue weighted by Crippen LogP contribution is 2.28. The van der Waals surface area contributed by atoms with Crippen molar-refractivity contribution >= 4 is 56.9 Å². The van der Waals surface area contributed by atoms with E-state index in [0.717, 1.165) is 0 Å². The first kappa shape index (κ1) is 24.2. The van der Waals surface area contributed by atoms with Gasteiger partial charge in [0.15, 0.2) is 6.61 Å². The van der Waals surface area contributed by atoms with E-state index in [0.29, 0.717) is 23.8 Å². The third-order valence-corrected chi connectivity index (χ3v) is 7.02. The highest BCUT2D eigenvalue weighted by Gasteiger charge is 2.28. The molecule has 170 valence electrons. The molecule has 0 bridgehead atoms. The van der Waals surface area contributed by atoms with Crippen LogP contribution < -0.4 is 5.32 Å². The van der Waals surface area contributed by atoms with Crippen molar-refractivity contribution in [1.29, 1.82) is 0 Å². The van der Waals surface area contributed by atoms with Crippen molar-refractivity contribution in [3.05, 3.63) is 64.1 Å². The van der Waals surface area contributed by atoms with Crippen molar-refractivity contribution in [1.82, 2.24) is 4.31 Å². The molecule has 2 aromatic rings. The van der Waals surface area contributed by atoms with E-state index in [4.69, 9.17) is 32.7 Å². The molecule has 0 aromatic heterocycles. The summed E-state index contributed by atoms with van der Waals surface area (Å²) in [6.45, 7) is 0.476. The molecule has 0 atom stereocenters. The Balaban J connectivity index is 1.59. The van der Waals surface area contributed by atoms with Gasteiger partial charge in [0.05, 0.1) is 18.2 Å². The van der Waals surface area contributed by atoms with E-state index in [9.17, 15) is 18.0 Å². The maximum atomic E-state index is 12.9. The van der Waals surface area contributed by atoms with E-state index < -0.39 is 28.5 Å². The second kappa shape index (κ2) is 10.9. The van der Waals surface area contributed by atoms with Gasteiger partial charge in [-0.05, 0) is 42.0 Å². The van der Waals surface area contributed by atoms with Gasteiger partial charge in [-0.2, -0.15) is 4.31 Å². The van der Waals surface area contributed by atoms with E-state index in [2.05, 4.69) is 5.32 Å². The standard InChI is InChI=1S/C21H20Cl2N2O6S/c22-16-3-1-2-15(12-16)4-7-21(27)31-14-20(26)24-17-5-6-18(23)19(13-17)32(28,29)25-8-10-30-11-9-25/h1-7,12-13H,8-11,14H2,(H,24,26)/b7-4+. The molecule has 8 nitrogen and oxygen atoms in total. The highest BCUT2D eigenvalue weighted by atomic mass is 35.5. The van der Waals surface area contributed by atoms with Gasteiger partial charge in [0.2, 0.25) is 10.0 Å². The topological polar surface area (TPSA) is 102 Å². The Labute approximate surface area is 195 Å². The van der Waals surface area contributed by atoms with E-state index in [1.807, 2.05) is 0 Å². The molecule has 1 saturated heterocycles. The van der Waals surface area contributed by atoms with Crippen LogP contribution in [0.1, 0.15) is 5.56 Å². The van der Waals surface area contributed by atoms with Gasteiger partial charge in [-0.1, -0.05) is 35.3 Å². The number of ether oxygens (including phenoxy) is 2. The quantitative estimate of drug-likeness (QED) is 0.464. The Kier molecular flexibility index (Phi) is 8.27. The first-order chi connectivity index (χ1) is 15.3. The Morgan fingerprint density at radius 2 is 1.88 bits per heavy atom. The fraction of sp³-hybridized carbons (Fsp3) is 0.238. The first-order valence-corrected chi connectivity index (χ1v) is 11.7. The van der Waals surface area contributed by atoms with Crippen LogP contribution in [0.3, 0.4) is 0 Å². The van der Waals surface area contributed by atoms with Crippen LogP contribution in [0.4, 0.5) is 5.69 Å². The predicted molar refractivity (Wildman–Crippen MR) is 121 cm³/mol. The number of anilines is 1. The molecule has 1 N–H and O–H groups in total. The monoisotopic (exact) mass is 498 g/mol. The summed E-state index contributed by atoms with van der Waals surface area (Å²) in [6.07, 6.45) is 2.68. The molecule has 0 unspecified atom stereocenters. The second-order valence-corrected chi connectivity index (χ2v) is 9.46. The number of benzene rings is 2. The molecule has 1 aliphatic heterocycles. The van der Waals surface area contributed by atoms with Crippen LogP contribution >= 0.6 is 23.2 Å². The Hall–Kier alpha value is -2.43. The zero-order valence-corrected chi connectivity index (χ0v) is 19.1. The van der Waals surface area contributed by atoms with Gasteiger partial charge >= 0.3 is 5.97 Å². The molecule has 1 aliphatic rings. The maximum Gasteiger partial charge on any atom is 0.331 e. The van der Waals surface area contributed by atoms with Crippen LogP contribution in [0.25, 0.3) is 6.08 Å². The summed E-state index contributed by atoms with van der Waals surface area (Å²) in [6, 6.07) is 11.0. The lowest BCUT2D eigenvalue weighted by Crippen LogP contribution is -2.40. The third kappa shape index (κ3) is 6.54. The van der Waals surface area contributed by atoms with Crippen molar-refractivity contribution in [2.75, 3.05) is 38.2 Å². The number of sulfonamides is 1. The minimum absolute atomic E-state index is 0.0343. The van der Waals surface area contributed by atoms with Gasteiger partial charge in [0, 0.05) is 29.9 Å². The zero-order valence-electron chi connectivity index (χ0n) is 16.8. The van der Waals surface area contributed by atoms with Crippen molar-refractivity contribution in [2.45, 2.75) is 4.90 Å². The van der Waals surface area contributed by atoms with Gasteiger partial charge in [0.1, 0.15) is 4.90 Å². The van der Waals surface area contributed by atoms with Crippen LogP contribution in [0, 0.1) is 0 Å². The minimum atomic E-state index is -3.85. The Morgan fingerprint density at radius 1 is 1.12 bits per heavy atom. The van der Waals surface area contributed by atoms with Gasteiger partial charge < -0.3 is 14.8 Å². The van der Waals surface area contributed by atoms with Crippen LogP contribution in [0.15, 0.2) is 53.4 Å². The summed E-state index contributed by atoms with van der Waals surface area (Å²) >= 11 is 12.0. The number of morpholine rings is 1. The fourth-order valence-corrected chi connectivity index (χ4v) is 4.97. The molecule has 1 heterocycles. The number of hydrogen-bond donors (Lipinski definition) is 1. The van der Waals surface area contributed by atoms with Crippen molar-refractivity contribution in [3.63, 3.8) is 0 Å². The fourth-order valence-electron chi connectivity index (χ4n) is 2.86. The first-order valence-electron chi connectivity index (χ1n) is 9.53. The molecule has 0 aliphatic carbocycles. The zero-order chi connectivity index (χ0) is 23.1. The van der Waals surface area contributed by atoms with Gasteiger partial charge in [-0.15, -0.1) is 0 Å². The van der Waals surface area contributed by atoms with Gasteiger partial charge in [0.25, 0.3) is 5.91 Å². The third-order valence-electron chi connectivity index (χ3n) is 4.41. The van der Waals surface area contributed by atoms with E-state index in [1.165, 1.54) is 34.7 Å². The molecule has 1 fully saturated rings.